The normalized spacial score (nSPS) is 12.4. The maximum absolute atomic E-state index is 13.7. The lowest BCUT2D eigenvalue weighted by Crippen LogP contribution is -2.24. The molecule has 0 radical (unpaired) electrons. The van der Waals surface area contributed by atoms with Crippen molar-refractivity contribution in [2.75, 3.05) is 6.54 Å². The summed E-state index contributed by atoms with van der Waals surface area (Å²) in [7, 11) is 0. The summed E-state index contributed by atoms with van der Waals surface area (Å²) < 4.78 is 14.7. The first kappa shape index (κ1) is 16.2. The van der Waals surface area contributed by atoms with Gasteiger partial charge in [0.25, 0.3) is 0 Å². The Morgan fingerprint density at radius 2 is 1.81 bits per heavy atom. The summed E-state index contributed by atoms with van der Waals surface area (Å²) in [4.78, 5) is 0. The van der Waals surface area contributed by atoms with Crippen LogP contribution in [0.3, 0.4) is 0 Å². The molecule has 0 heterocycles. The minimum atomic E-state index is -0.190. The first-order valence-corrected chi connectivity index (χ1v) is 8.07. The van der Waals surface area contributed by atoms with Crippen LogP contribution < -0.4 is 5.32 Å². The molecule has 1 nitrogen and oxygen atoms in total. The maximum Gasteiger partial charge on any atom is 0.123 e. The number of rotatable bonds is 5. The second-order valence-corrected chi connectivity index (χ2v) is 6.25. The van der Waals surface area contributed by atoms with Gasteiger partial charge in [-0.15, -0.1) is 0 Å². The number of hydrogen-bond donors (Lipinski definition) is 1. The summed E-state index contributed by atoms with van der Waals surface area (Å²) in [6.07, 6.45) is 1.04. The van der Waals surface area contributed by atoms with Gasteiger partial charge in [0.05, 0.1) is 6.04 Å². The van der Waals surface area contributed by atoms with Crippen molar-refractivity contribution in [1.82, 2.24) is 5.32 Å². The van der Waals surface area contributed by atoms with Crippen LogP contribution in [0.15, 0.2) is 40.9 Å². The van der Waals surface area contributed by atoms with E-state index in [0.717, 1.165) is 34.1 Å². The molecule has 2 aromatic carbocycles. The fourth-order valence-electron chi connectivity index (χ4n) is 2.41. The summed E-state index contributed by atoms with van der Waals surface area (Å²) in [6, 6.07) is 11.3. The highest BCUT2D eigenvalue weighted by Gasteiger charge is 2.17. The number of benzene rings is 2. The van der Waals surface area contributed by atoms with Crippen molar-refractivity contribution in [3.8, 4) is 0 Å². The van der Waals surface area contributed by atoms with E-state index < -0.39 is 0 Å². The molecule has 0 bridgehead atoms. The van der Waals surface area contributed by atoms with E-state index in [1.165, 1.54) is 11.6 Å². The van der Waals surface area contributed by atoms with Gasteiger partial charge in [-0.05, 0) is 67.3 Å². The van der Waals surface area contributed by atoms with E-state index >= 15 is 0 Å². The molecule has 0 saturated heterocycles. The van der Waals surface area contributed by atoms with Crippen molar-refractivity contribution in [3.63, 3.8) is 0 Å². The van der Waals surface area contributed by atoms with Crippen molar-refractivity contribution in [3.05, 3.63) is 68.9 Å². The molecule has 1 unspecified atom stereocenters. The third-order valence-corrected chi connectivity index (χ3v) is 4.53. The first-order valence-electron chi connectivity index (χ1n) is 7.28. The predicted octanol–water partition coefficient (Wildman–Crippen LogP) is 5.29. The van der Waals surface area contributed by atoms with Gasteiger partial charge in [0.1, 0.15) is 5.82 Å². The van der Waals surface area contributed by atoms with Crippen molar-refractivity contribution in [1.29, 1.82) is 0 Å². The molecule has 2 rings (SSSR count). The van der Waals surface area contributed by atoms with Gasteiger partial charge in [-0.3, -0.25) is 0 Å². The highest BCUT2D eigenvalue weighted by molar-refractivity contribution is 9.10. The monoisotopic (exact) mass is 349 g/mol. The van der Waals surface area contributed by atoms with E-state index in [9.17, 15) is 4.39 Å². The molecule has 0 aliphatic carbocycles. The minimum Gasteiger partial charge on any atom is -0.306 e. The van der Waals surface area contributed by atoms with Crippen LogP contribution in [0.1, 0.15) is 41.6 Å². The molecular formula is C18H21BrFN. The van der Waals surface area contributed by atoms with Gasteiger partial charge >= 0.3 is 0 Å². The molecule has 112 valence electrons. The maximum atomic E-state index is 13.7. The zero-order valence-corrected chi connectivity index (χ0v) is 14.3. The highest BCUT2D eigenvalue weighted by atomic mass is 79.9. The fourth-order valence-corrected chi connectivity index (χ4v) is 2.80. The van der Waals surface area contributed by atoms with Crippen LogP contribution in [-0.4, -0.2) is 6.54 Å². The van der Waals surface area contributed by atoms with Gasteiger partial charge in [-0.1, -0.05) is 41.1 Å². The summed E-state index contributed by atoms with van der Waals surface area (Å²) in [5, 5.41) is 3.53. The largest absolute Gasteiger partial charge is 0.306 e. The van der Waals surface area contributed by atoms with Crippen LogP contribution in [0.2, 0.25) is 0 Å². The Bertz CT molecular complexity index is 625. The summed E-state index contributed by atoms with van der Waals surface area (Å²) in [5.41, 5.74) is 4.44. The highest BCUT2D eigenvalue weighted by Crippen LogP contribution is 2.29. The fraction of sp³-hybridized carbons (Fsp3) is 0.333. The van der Waals surface area contributed by atoms with Crippen LogP contribution in [0.4, 0.5) is 4.39 Å². The lowest BCUT2D eigenvalue weighted by Gasteiger charge is -2.22. The number of hydrogen-bond acceptors (Lipinski definition) is 1. The Hall–Kier alpha value is -1.19. The molecular weight excluding hydrogens is 329 g/mol. The Kier molecular flexibility index (Phi) is 5.54. The SMILES string of the molecule is CCCNC(c1ccc(C)c(Br)c1)c1cc(F)ccc1C. The predicted molar refractivity (Wildman–Crippen MR) is 90.2 cm³/mol. The third kappa shape index (κ3) is 3.92. The van der Waals surface area contributed by atoms with Crippen LogP contribution in [0.5, 0.6) is 0 Å². The second-order valence-electron chi connectivity index (χ2n) is 5.40. The van der Waals surface area contributed by atoms with Crippen LogP contribution in [0, 0.1) is 19.7 Å². The van der Waals surface area contributed by atoms with E-state index in [4.69, 9.17) is 0 Å². The summed E-state index contributed by atoms with van der Waals surface area (Å²) in [6.45, 7) is 7.12. The van der Waals surface area contributed by atoms with E-state index in [0.29, 0.717) is 0 Å². The molecule has 21 heavy (non-hydrogen) atoms. The minimum absolute atomic E-state index is 0.0116. The van der Waals surface area contributed by atoms with Crippen molar-refractivity contribution < 1.29 is 4.39 Å². The van der Waals surface area contributed by atoms with E-state index in [1.807, 2.05) is 13.0 Å². The molecule has 0 amide bonds. The van der Waals surface area contributed by atoms with Gasteiger partial charge in [0, 0.05) is 4.47 Å². The Morgan fingerprint density at radius 1 is 1.10 bits per heavy atom. The van der Waals surface area contributed by atoms with Gasteiger partial charge in [-0.25, -0.2) is 4.39 Å². The Labute approximate surface area is 134 Å². The first-order chi connectivity index (χ1) is 10.0. The number of aryl methyl sites for hydroxylation is 2. The second kappa shape index (κ2) is 7.19. The van der Waals surface area contributed by atoms with Crippen molar-refractivity contribution >= 4 is 15.9 Å². The van der Waals surface area contributed by atoms with Gasteiger partial charge in [0.2, 0.25) is 0 Å². The number of nitrogens with one attached hydrogen (secondary N) is 1. The molecule has 0 aliphatic heterocycles. The van der Waals surface area contributed by atoms with E-state index in [-0.39, 0.29) is 11.9 Å². The van der Waals surface area contributed by atoms with Crippen molar-refractivity contribution in [2.45, 2.75) is 33.2 Å². The van der Waals surface area contributed by atoms with Gasteiger partial charge < -0.3 is 5.32 Å². The van der Waals surface area contributed by atoms with Crippen LogP contribution >= 0.6 is 15.9 Å². The average Bonchev–Trinajstić information content (AvgIpc) is 2.46. The molecule has 0 saturated carbocycles. The standard InChI is InChI=1S/C18H21BrFN/c1-4-9-21-18(14-7-5-13(3)17(19)10-14)16-11-15(20)8-6-12(16)2/h5-8,10-11,18,21H,4,9H2,1-3H3. The topological polar surface area (TPSA) is 12.0 Å². The zero-order chi connectivity index (χ0) is 15.4. The molecule has 1 atom stereocenters. The zero-order valence-electron chi connectivity index (χ0n) is 12.7. The molecule has 0 fully saturated rings. The van der Waals surface area contributed by atoms with E-state index in [1.54, 1.807) is 6.07 Å². The van der Waals surface area contributed by atoms with Crippen LogP contribution in [-0.2, 0) is 0 Å². The number of halogens is 2. The molecule has 3 heteroatoms. The summed E-state index contributed by atoms with van der Waals surface area (Å²) >= 11 is 3.59. The third-order valence-electron chi connectivity index (χ3n) is 3.68. The lowest BCUT2D eigenvalue weighted by atomic mass is 9.94. The molecule has 1 N–H and O–H groups in total. The van der Waals surface area contributed by atoms with Gasteiger partial charge in [-0.2, -0.15) is 0 Å². The Morgan fingerprint density at radius 3 is 2.48 bits per heavy atom. The quantitative estimate of drug-likeness (QED) is 0.772. The average molecular weight is 350 g/mol. The molecule has 0 spiro atoms. The van der Waals surface area contributed by atoms with Crippen LogP contribution in [0.25, 0.3) is 0 Å². The smallest absolute Gasteiger partial charge is 0.123 e. The van der Waals surface area contributed by atoms with E-state index in [2.05, 4.69) is 53.3 Å². The molecule has 2 aromatic rings. The Balaban J connectivity index is 2.46. The molecule has 0 aromatic heterocycles. The molecule has 0 aliphatic rings. The van der Waals surface area contributed by atoms with Gasteiger partial charge in [0.15, 0.2) is 0 Å². The lowest BCUT2D eigenvalue weighted by molar-refractivity contribution is 0.583. The summed E-state index contributed by atoms with van der Waals surface area (Å²) in [5.74, 6) is -0.190. The van der Waals surface area contributed by atoms with Crippen molar-refractivity contribution in [2.24, 2.45) is 0 Å².